The van der Waals surface area contributed by atoms with Gasteiger partial charge in [0.05, 0.1) is 23.7 Å². The third-order valence-electron chi connectivity index (χ3n) is 4.75. The maximum atomic E-state index is 12.7. The fraction of sp³-hybridized carbons (Fsp3) is 0.474. The van der Waals surface area contributed by atoms with Crippen molar-refractivity contribution in [3.63, 3.8) is 0 Å². The summed E-state index contributed by atoms with van der Waals surface area (Å²) in [5.41, 5.74) is 2.63. The summed E-state index contributed by atoms with van der Waals surface area (Å²) >= 11 is 0. The van der Waals surface area contributed by atoms with E-state index in [2.05, 4.69) is 20.3 Å². The number of aromatic nitrogens is 3. The van der Waals surface area contributed by atoms with Gasteiger partial charge in [-0.15, -0.1) is 0 Å². The van der Waals surface area contributed by atoms with Gasteiger partial charge in [0.25, 0.3) is 5.91 Å². The zero-order valence-electron chi connectivity index (χ0n) is 14.9. The summed E-state index contributed by atoms with van der Waals surface area (Å²) in [4.78, 5) is 27.7. The summed E-state index contributed by atoms with van der Waals surface area (Å²) in [6.07, 6.45) is 9.36. The number of hydrogen-bond acceptors (Lipinski definition) is 5. The first-order chi connectivity index (χ1) is 12.2. The number of pyridine rings is 1. The highest BCUT2D eigenvalue weighted by Gasteiger charge is 2.22. The minimum absolute atomic E-state index is 0.0892. The molecule has 0 saturated carbocycles. The van der Waals surface area contributed by atoms with Gasteiger partial charge in [0.2, 0.25) is 0 Å². The summed E-state index contributed by atoms with van der Waals surface area (Å²) in [5.74, 6) is 1.42. The number of aryl methyl sites for hydroxylation is 1. The van der Waals surface area contributed by atoms with Crippen LogP contribution in [0.4, 0.5) is 5.82 Å². The van der Waals surface area contributed by atoms with Gasteiger partial charge in [-0.2, -0.15) is 0 Å². The van der Waals surface area contributed by atoms with Crippen molar-refractivity contribution in [3.8, 4) is 0 Å². The second-order valence-electron chi connectivity index (χ2n) is 6.62. The van der Waals surface area contributed by atoms with E-state index in [0.717, 1.165) is 56.0 Å². The predicted molar refractivity (Wildman–Crippen MR) is 97.5 cm³/mol. The maximum absolute atomic E-state index is 12.7. The topological polar surface area (TPSA) is 71.0 Å². The van der Waals surface area contributed by atoms with Crippen LogP contribution in [0, 0.1) is 12.8 Å². The highest BCUT2D eigenvalue weighted by Crippen LogP contribution is 2.22. The zero-order valence-corrected chi connectivity index (χ0v) is 14.9. The molecule has 1 aliphatic rings. The smallest absolute Gasteiger partial charge is 0.255 e. The standard InChI is InChI=1S/C19H25N5O/c1-14-5-6-16(11-21-14)19(25)24-8-3-4-15(7-9-24)10-17-12-23-18(20-2)13-22-17/h5-6,11-13,15H,3-4,7-10H2,1-2H3,(H,20,23)/t15-/m0/s1. The highest BCUT2D eigenvalue weighted by molar-refractivity contribution is 5.93. The molecule has 1 atom stereocenters. The van der Waals surface area contributed by atoms with E-state index in [4.69, 9.17) is 0 Å². The van der Waals surface area contributed by atoms with E-state index < -0.39 is 0 Å². The van der Waals surface area contributed by atoms with Crippen molar-refractivity contribution >= 4 is 11.7 Å². The van der Waals surface area contributed by atoms with E-state index in [9.17, 15) is 4.79 Å². The lowest BCUT2D eigenvalue weighted by atomic mass is 9.95. The van der Waals surface area contributed by atoms with Crippen LogP contribution in [-0.4, -0.2) is 45.9 Å². The summed E-state index contributed by atoms with van der Waals surface area (Å²) in [7, 11) is 1.84. The molecule has 0 aromatic carbocycles. The Bertz CT molecular complexity index is 699. The van der Waals surface area contributed by atoms with E-state index in [0.29, 0.717) is 11.5 Å². The molecule has 25 heavy (non-hydrogen) atoms. The first kappa shape index (κ1) is 17.3. The number of likely N-dealkylation sites (tertiary alicyclic amines) is 1. The molecule has 2 aromatic rings. The fourth-order valence-electron chi connectivity index (χ4n) is 3.23. The molecular weight excluding hydrogens is 314 g/mol. The van der Waals surface area contributed by atoms with Gasteiger partial charge in [0.15, 0.2) is 0 Å². The Kier molecular flexibility index (Phi) is 5.58. The lowest BCUT2D eigenvalue weighted by molar-refractivity contribution is 0.0759. The Morgan fingerprint density at radius 2 is 2.04 bits per heavy atom. The van der Waals surface area contributed by atoms with Crippen molar-refractivity contribution < 1.29 is 4.79 Å². The third-order valence-corrected chi connectivity index (χ3v) is 4.75. The van der Waals surface area contributed by atoms with Gasteiger partial charge in [0.1, 0.15) is 5.82 Å². The number of nitrogens with zero attached hydrogens (tertiary/aromatic N) is 4. The van der Waals surface area contributed by atoms with E-state index in [1.165, 1.54) is 0 Å². The van der Waals surface area contributed by atoms with Gasteiger partial charge in [-0.25, -0.2) is 4.98 Å². The summed E-state index contributed by atoms with van der Waals surface area (Å²) in [6, 6.07) is 3.76. The molecule has 0 aliphatic carbocycles. The van der Waals surface area contributed by atoms with Crippen LogP contribution < -0.4 is 5.32 Å². The number of nitrogens with one attached hydrogen (secondary N) is 1. The molecule has 6 nitrogen and oxygen atoms in total. The molecule has 1 N–H and O–H groups in total. The van der Waals surface area contributed by atoms with E-state index in [1.54, 1.807) is 12.4 Å². The number of anilines is 1. The van der Waals surface area contributed by atoms with Gasteiger partial charge >= 0.3 is 0 Å². The van der Waals surface area contributed by atoms with Gasteiger partial charge in [0, 0.05) is 32.0 Å². The number of hydrogen-bond donors (Lipinski definition) is 1. The van der Waals surface area contributed by atoms with Crippen LogP contribution in [0.25, 0.3) is 0 Å². The number of rotatable bonds is 4. The molecule has 0 unspecified atom stereocenters. The first-order valence-electron chi connectivity index (χ1n) is 8.86. The van der Waals surface area contributed by atoms with Crippen molar-refractivity contribution in [2.24, 2.45) is 5.92 Å². The molecule has 1 aliphatic heterocycles. The number of carbonyl (C=O) groups excluding carboxylic acids is 1. The SMILES string of the molecule is CNc1cnc(C[C@H]2CCCN(C(=O)c3ccc(C)nc3)CC2)cn1. The molecule has 0 bridgehead atoms. The lowest BCUT2D eigenvalue weighted by Gasteiger charge is -2.20. The Hall–Kier alpha value is -2.50. The molecule has 1 fully saturated rings. The fourth-order valence-corrected chi connectivity index (χ4v) is 3.23. The van der Waals surface area contributed by atoms with E-state index >= 15 is 0 Å². The average Bonchev–Trinajstić information content (AvgIpc) is 2.88. The summed E-state index contributed by atoms with van der Waals surface area (Å²) in [6.45, 7) is 3.53. The van der Waals surface area contributed by atoms with Crippen LogP contribution in [0.1, 0.15) is 41.0 Å². The van der Waals surface area contributed by atoms with Crippen LogP contribution in [-0.2, 0) is 6.42 Å². The second-order valence-corrected chi connectivity index (χ2v) is 6.62. The molecule has 132 valence electrons. The van der Waals surface area contributed by atoms with Gasteiger partial charge in [-0.1, -0.05) is 0 Å². The zero-order chi connectivity index (χ0) is 17.6. The number of amides is 1. The van der Waals surface area contributed by atoms with Crippen molar-refractivity contribution in [1.82, 2.24) is 19.9 Å². The Morgan fingerprint density at radius 1 is 1.16 bits per heavy atom. The van der Waals surface area contributed by atoms with Crippen molar-refractivity contribution in [2.45, 2.75) is 32.6 Å². The largest absolute Gasteiger partial charge is 0.372 e. The monoisotopic (exact) mass is 339 g/mol. The van der Waals surface area contributed by atoms with Crippen LogP contribution >= 0.6 is 0 Å². The predicted octanol–water partition coefficient (Wildman–Crippen LogP) is 2.71. The highest BCUT2D eigenvalue weighted by atomic mass is 16.2. The molecule has 0 radical (unpaired) electrons. The molecule has 2 aromatic heterocycles. The van der Waals surface area contributed by atoms with E-state index in [1.807, 2.05) is 37.2 Å². The molecular formula is C19H25N5O. The van der Waals surface area contributed by atoms with Gasteiger partial charge < -0.3 is 10.2 Å². The first-order valence-corrected chi connectivity index (χ1v) is 8.86. The van der Waals surface area contributed by atoms with Crippen LogP contribution in [0.5, 0.6) is 0 Å². The quantitative estimate of drug-likeness (QED) is 0.927. The maximum Gasteiger partial charge on any atom is 0.255 e. The molecule has 1 saturated heterocycles. The molecule has 1 amide bonds. The molecule has 3 rings (SSSR count). The molecule has 0 spiro atoms. The molecule has 6 heteroatoms. The second kappa shape index (κ2) is 8.05. The lowest BCUT2D eigenvalue weighted by Crippen LogP contribution is -2.32. The van der Waals surface area contributed by atoms with E-state index in [-0.39, 0.29) is 5.91 Å². The Morgan fingerprint density at radius 3 is 2.72 bits per heavy atom. The van der Waals surface area contributed by atoms with Crippen molar-refractivity contribution in [2.75, 3.05) is 25.5 Å². The minimum Gasteiger partial charge on any atom is -0.372 e. The Balaban J connectivity index is 1.57. The third kappa shape index (κ3) is 4.53. The summed E-state index contributed by atoms with van der Waals surface area (Å²) < 4.78 is 0. The van der Waals surface area contributed by atoms with Crippen LogP contribution in [0.3, 0.4) is 0 Å². The average molecular weight is 339 g/mol. The van der Waals surface area contributed by atoms with Gasteiger partial charge in [-0.3, -0.25) is 14.8 Å². The van der Waals surface area contributed by atoms with Gasteiger partial charge in [-0.05, 0) is 50.7 Å². The Labute approximate surface area is 148 Å². The van der Waals surface area contributed by atoms with Crippen molar-refractivity contribution in [1.29, 1.82) is 0 Å². The van der Waals surface area contributed by atoms with Crippen LogP contribution in [0.15, 0.2) is 30.7 Å². The normalized spacial score (nSPS) is 17.8. The van der Waals surface area contributed by atoms with Crippen molar-refractivity contribution in [3.05, 3.63) is 47.7 Å². The molecule has 3 heterocycles. The minimum atomic E-state index is 0.0892. The van der Waals surface area contributed by atoms with Crippen LogP contribution in [0.2, 0.25) is 0 Å². The summed E-state index contributed by atoms with van der Waals surface area (Å²) in [5, 5.41) is 2.98. The number of carbonyl (C=O) groups is 1.